The molecule has 116 valence electrons. The Balaban J connectivity index is 0. The van der Waals surface area contributed by atoms with E-state index in [-0.39, 0.29) is 0 Å². The summed E-state index contributed by atoms with van der Waals surface area (Å²) < 4.78 is 17.3. The first kappa shape index (κ1) is 20.2. The Hall–Kier alpha value is -2.12. The van der Waals surface area contributed by atoms with Crippen LogP contribution in [0.5, 0.6) is 0 Å². The summed E-state index contributed by atoms with van der Waals surface area (Å²) in [6.45, 7) is 6.27. The van der Waals surface area contributed by atoms with E-state index >= 15 is 0 Å². The van der Waals surface area contributed by atoms with Gasteiger partial charge in [0.05, 0.1) is 7.11 Å². The summed E-state index contributed by atoms with van der Waals surface area (Å²) >= 11 is 0. The lowest BCUT2D eigenvalue weighted by Gasteiger charge is -2.20. The standard InChI is InChI=1S/C8H8O8.2C2H6/c1-13-4(9)2-5(10)14-8-15-6(11)3-7(12)16-8;2*1-2/h8H,2-3H2,1H3;2*1-2H3. The van der Waals surface area contributed by atoms with Crippen molar-refractivity contribution in [3.05, 3.63) is 0 Å². The Morgan fingerprint density at radius 3 is 1.90 bits per heavy atom. The summed E-state index contributed by atoms with van der Waals surface area (Å²) in [6, 6.07) is 0. The number of cyclic esters (lactones) is 2. The number of carbonyl (C=O) groups excluding carboxylic acids is 4. The highest BCUT2D eigenvalue weighted by atomic mass is 16.9. The Morgan fingerprint density at radius 2 is 1.50 bits per heavy atom. The summed E-state index contributed by atoms with van der Waals surface area (Å²) in [5.41, 5.74) is 0. The molecule has 0 atom stereocenters. The van der Waals surface area contributed by atoms with Crippen molar-refractivity contribution >= 4 is 23.9 Å². The van der Waals surface area contributed by atoms with Gasteiger partial charge < -0.3 is 18.9 Å². The topological polar surface area (TPSA) is 105 Å². The zero-order chi connectivity index (χ0) is 16.1. The summed E-state index contributed by atoms with van der Waals surface area (Å²) in [5.74, 6) is -3.59. The van der Waals surface area contributed by atoms with Gasteiger partial charge in [-0.1, -0.05) is 27.7 Å². The van der Waals surface area contributed by atoms with Crippen molar-refractivity contribution < 1.29 is 38.1 Å². The van der Waals surface area contributed by atoms with E-state index in [2.05, 4.69) is 18.9 Å². The van der Waals surface area contributed by atoms with Crippen LogP contribution < -0.4 is 0 Å². The maximum absolute atomic E-state index is 11.0. The highest BCUT2D eigenvalue weighted by Crippen LogP contribution is 2.10. The fourth-order valence-corrected chi connectivity index (χ4v) is 0.827. The average Bonchev–Trinajstić information content (AvgIpc) is 2.41. The molecule has 0 aliphatic carbocycles. The molecule has 0 bridgehead atoms. The summed E-state index contributed by atoms with van der Waals surface area (Å²) in [5, 5.41) is 0. The fourth-order valence-electron chi connectivity index (χ4n) is 0.827. The number of rotatable bonds is 3. The molecule has 1 aliphatic rings. The zero-order valence-corrected chi connectivity index (χ0v) is 12.3. The Morgan fingerprint density at radius 1 is 1.05 bits per heavy atom. The van der Waals surface area contributed by atoms with Crippen LogP contribution in [0.2, 0.25) is 0 Å². The van der Waals surface area contributed by atoms with Gasteiger partial charge in [0.15, 0.2) is 0 Å². The number of hydrogen-bond donors (Lipinski definition) is 0. The lowest BCUT2D eigenvalue weighted by atomic mass is 10.4. The number of hydrogen-bond acceptors (Lipinski definition) is 8. The van der Waals surface area contributed by atoms with Crippen LogP contribution in [0.3, 0.4) is 0 Å². The van der Waals surface area contributed by atoms with Gasteiger partial charge in [-0.2, -0.15) is 0 Å². The van der Waals surface area contributed by atoms with Crippen LogP contribution >= 0.6 is 0 Å². The molecule has 1 heterocycles. The molecule has 0 amide bonds. The van der Waals surface area contributed by atoms with Gasteiger partial charge in [0.25, 0.3) is 0 Å². The van der Waals surface area contributed by atoms with Gasteiger partial charge in [0.2, 0.25) is 0 Å². The smallest absolute Gasteiger partial charge is 0.412 e. The van der Waals surface area contributed by atoms with Gasteiger partial charge in [0.1, 0.15) is 12.8 Å². The van der Waals surface area contributed by atoms with Gasteiger partial charge in [0, 0.05) is 0 Å². The highest BCUT2D eigenvalue weighted by molar-refractivity contribution is 5.93. The quantitative estimate of drug-likeness (QED) is 0.558. The van der Waals surface area contributed by atoms with Crippen LogP contribution in [0.1, 0.15) is 40.5 Å². The van der Waals surface area contributed by atoms with E-state index in [0.717, 1.165) is 7.11 Å². The molecule has 1 rings (SSSR count). The van der Waals surface area contributed by atoms with Crippen LogP contribution in [0.15, 0.2) is 0 Å². The van der Waals surface area contributed by atoms with Gasteiger partial charge in [-0.3, -0.25) is 19.2 Å². The third-order valence-electron chi connectivity index (χ3n) is 1.49. The van der Waals surface area contributed by atoms with Crippen LogP contribution in [0, 0.1) is 0 Å². The second-order valence-electron chi connectivity index (χ2n) is 2.69. The van der Waals surface area contributed by atoms with Crippen molar-refractivity contribution in [1.29, 1.82) is 0 Å². The minimum atomic E-state index is -1.73. The van der Waals surface area contributed by atoms with Crippen LogP contribution in [-0.4, -0.2) is 37.5 Å². The van der Waals surface area contributed by atoms with Crippen LogP contribution in [0.4, 0.5) is 0 Å². The first-order chi connectivity index (χ1) is 9.51. The largest absolute Gasteiger partial charge is 0.469 e. The Bertz CT molecular complexity index is 320. The minimum Gasteiger partial charge on any atom is -0.469 e. The van der Waals surface area contributed by atoms with Crippen molar-refractivity contribution in [2.45, 2.75) is 47.0 Å². The van der Waals surface area contributed by atoms with Gasteiger partial charge in [-0.05, 0) is 0 Å². The Labute approximate surface area is 117 Å². The first-order valence-electron chi connectivity index (χ1n) is 6.16. The molecular weight excluding hydrogens is 272 g/mol. The molecule has 1 fully saturated rings. The van der Waals surface area contributed by atoms with Crippen LogP contribution in [-0.2, 0) is 38.1 Å². The molecule has 0 spiro atoms. The molecule has 8 heteroatoms. The maximum atomic E-state index is 11.0. The van der Waals surface area contributed by atoms with Gasteiger partial charge in [-0.25, -0.2) is 0 Å². The monoisotopic (exact) mass is 292 g/mol. The summed E-state index contributed by atoms with van der Waals surface area (Å²) in [6.07, 6.45) is -1.20. The van der Waals surface area contributed by atoms with Gasteiger partial charge >= 0.3 is 30.4 Å². The number of methoxy groups -OCH3 is 1. The van der Waals surface area contributed by atoms with Crippen molar-refractivity contribution in [3.8, 4) is 0 Å². The fraction of sp³-hybridized carbons (Fsp3) is 0.667. The highest BCUT2D eigenvalue weighted by Gasteiger charge is 2.31. The number of carbonyl (C=O) groups is 4. The van der Waals surface area contributed by atoms with E-state index in [9.17, 15) is 19.2 Å². The zero-order valence-electron chi connectivity index (χ0n) is 12.3. The van der Waals surface area contributed by atoms with Crippen molar-refractivity contribution in [3.63, 3.8) is 0 Å². The molecule has 1 aliphatic heterocycles. The third-order valence-corrected chi connectivity index (χ3v) is 1.49. The van der Waals surface area contributed by atoms with E-state index in [4.69, 9.17) is 0 Å². The average molecular weight is 292 g/mol. The third kappa shape index (κ3) is 8.90. The van der Waals surface area contributed by atoms with Gasteiger partial charge in [-0.15, -0.1) is 0 Å². The van der Waals surface area contributed by atoms with E-state index < -0.39 is 43.2 Å². The van der Waals surface area contributed by atoms with Crippen molar-refractivity contribution in [1.82, 2.24) is 0 Å². The predicted molar refractivity (Wildman–Crippen MR) is 66.0 cm³/mol. The molecular formula is C12H20O8. The molecule has 0 N–H and O–H groups in total. The molecule has 0 aromatic carbocycles. The molecule has 0 unspecified atom stereocenters. The second-order valence-corrected chi connectivity index (χ2v) is 2.69. The predicted octanol–water partition coefficient (Wildman–Crippen LogP) is 0.919. The number of ether oxygens (including phenoxy) is 4. The number of esters is 4. The van der Waals surface area contributed by atoms with E-state index in [1.54, 1.807) is 0 Å². The van der Waals surface area contributed by atoms with E-state index in [0.29, 0.717) is 0 Å². The van der Waals surface area contributed by atoms with Crippen molar-refractivity contribution in [2.24, 2.45) is 0 Å². The lowest BCUT2D eigenvalue weighted by molar-refractivity contribution is -0.268. The molecule has 0 radical (unpaired) electrons. The van der Waals surface area contributed by atoms with Crippen LogP contribution in [0.25, 0.3) is 0 Å². The van der Waals surface area contributed by atoms with Crippen molar-refractivity contribution in [2.75, 3.05) is 7.11 Å². The molecule has 0 saturated carbocycles. The minimum absolute atomic E-state index is 0.537. The normalized spacial score (nSPS) is 13.4. The molecule has 0 aromatic heterocycles. The first-order valence-corrected chi connectivity index (χ1v) is 6.16. The summed E-state index contributed by atoms with van der Waals surface area (Å²) in [7, 11) is 1.09. The Kier molecular flexibility index (Phi) is 12.1. The van der Waals surface area contributed by atoms with E-state index in [1.165, 1.54) is 0 Å². The molecule has 1 saturated heterocycles. The second kappa shape index (κ2) is 11.9. The molecule has 0 aromatic rings. The summed E-state index contributed by atoms with van der Waals surface area (Å²) in [4.78, 5) is 43.1. The van der Waals surface area contributed by atoms with E-state index in [1.807, 2.05) is 27.7 Å². The molecule has 20 heavy (non-hydrogen) atoms. The SMILES string of the molecule is CC.CC.COC(=O)CC(=O)OC1OC(=O)CC(=O)O1. The molecule has 8 nitrogen and oxygen atoms in total. The maximum Gasteiger partial charge on any atom is 0.412 e. The lowest BCUT2D eigenvalue weighted by Crippen LogP contribution is -2.36.